The third kappa shape index (κ3) is 3.52. The van der Waals surface area contributed by atoms with Gasteiger partial charge in [0.1, 0.15) is 0 Å². The number of alkyl halides is 2. The number of hydrogen-bond acceptors (Lipinski definition) is 1. The van der Waals surface area contributed by atoms with Crippen LogP contribution in [0.1, 0.15) is 46.0 Å². The lowest BCUT2D eigenvalue weighted by Gasteiger charge is -2.34. The van der Waals surface area contributed by atoms with Gasteiger partial charge >= 0.3 is 0 Å². The molecule has 0 aromatic rings. The molecule has 1 aliphatic carbocycles. The molecule has 1 aliphatic rings. The highest BCUT2D eigenvalue weighted by atomic mass is 19.3. The lowest BCUT2D eigenvalue weighted by atomic mass is 9.75. The van der Waals surface area contributed by atoms with Gasteiger partial charge in [0.25, 0.3) is 6.43 Å². The number of halogens is 2. The summed E-state index contributed by atoms with van der Waals surface area (Å²) >= 11 is 0. The molecule has 0 heterocycles. The Kier molecular flexibility index (Phi) is 4.30. The van der Waals surface area contributed by atoms with Crippen molar-refractivity contribution in [3.8, 4) is 0 Å². The fourth-order valence-electron chi connectivity index (χ4n) is 2.08. The maximum absolute atomic E-state index is 12.2. The van der Waals surface area contributed by atoms with E-state index in [1.54, 1.807) is 6.92 Å². The maximum Gasteiger partial charge on any atom is 0.253 e. The molecule has 0 spiro atoms. The van der Waals surface area contributed by atoms with Crippen LogP contribution >= 0.6 is 0 Å². The second-order valence-electron chi connectivity index (χ2n) is 4.88. The molecule has 0 amide bonds. The largest absolute Gasteiger partial charge is 0.309 e. The number of nitrogens with one attached hydrogen (secondary N) is 1. The Labute approximate surface area is 85.3 Å². The van der Waals surface area contributed by atoms with Crippen molar-refractivity contribution < 1.29 is 8.78 Å². The van der Waals surface area contributed by atoms with Gasteiger partial charge in [-0.25, -0.2) is 8.78 Å². The van der Waals surface area contributed by atoms with Crippen molar-refractivity contribution in [3.63, 3.8) is 0 Å². The zero-order chi connectivity index (χ0) is 10.6. The molecule has 14 heavy (non-hydrogen) atoms. The summed E-state index contributed by atoms with van der Waals surface area (Å²) in [6.07, 6.45) is 3.91. The first-order chi connectivity index (χ1) is 6.53. The summed E-state index contributed by atoms with van der Waals surface area (Å²) in [6, 6.07) is -0.672. The normalized spacial score (nSPS) is 23.8. The lowest BCUT2D eigenvalue weighted by Crippen LogP contribution is -2.41. The molecule has 0 aliphatic heterocycles. The van der Waals surface area contributed by atoms with Gasteiger partial charge in [-0.3, -0.25) is 0 Å². The molecule has 0 bridgehead atoms. The van der Waals surface area contributed by atoms with Crippen LogP contribution in [0.3, 0.4) is 0 Å². The van der Waals surface area contributed by atoms with Crippen LogP contribution < -0.4 is 5.32 Å². The summed E-state index contributed by atoms with van der Waals surface area (Å²) in [5.41, 5.74) is 0.251. The van der Waals surface area contributed by atoms with E-state index in [1.807, 2.05) is 0 Å². The first-order valence-corrected chi connectivity index (χ1v) is 5.55. The van der Waals surface area contributed by atoms with Crippen molar-refractivity contribution in [2.75, 3.05) is 6.54 Å². The van der Waals surface area contributed by atoms with Gasteiger partial charge in [-0.05, 0) is 25.2 Å². The second-order valence-corrected chi connectivity index (χ2v) is 4.88. The summed E-state index contributed by atoms with van der Waals surface area (Å²) in [6.45, 7) is 4.49. The van der Waals surface area contributed by atoms with Crippen LogP contribution in [0.15, 0.2) is 0 Å². The van der Waals surface area contributed by atoms with Crippen LogP contribution in [0.2, 0.25) is 0 Å². The Morgan fingerprint density at radius 3 is 2.29 bits per heavy atom. The van der Waals surface area contributed by atoms with Crippen molar-refractivity contribution in [1.29, 1.82) is 0 Å². The van der Waals surface area contributed by atoms with Crippen molar-refractivity contribution in [3.05, 3.63) is 0 Å². The minimum absolute atomic E-state index is 0.251. The molecule has 0 aromatic carbocycles. The Morgan fingerprint density at radius 1 is 1.21 bits per heavy atom. The summed E-state index contributed by atoms with van der Waals surface area (Å²) in [5, 5.41) is 2.94. The minimum atomic E-state index is -2.25. The smallest absolute Gasteiger partial charge is 0.253 e. The topological polar surface area (TPSA) is 12.0 Å². The standard InChI is InChI=1S/C11H21F2N/c1-9(10(12)13)14-8-11(2)6-4-3-5-7-11/h9-10,14H,3-8H2,1-2H3. The average molecular weight is 205 g/mol. The van der Waals surface area contributed by atoms with Gasteiger partial charge in [0.05, 0.1) is 6.04 Å². The predicted molar refractivity (Wildman–Crippen MR) is 54.7 cm³/mol. The third-order valence-corrected chi connectivity index (χ3v) is 3.29. The fraction of sp³-hybridized carbons (Fsp3) is 1.00. The van der Waals surface area contributed by atoms with Crippen molar-refractivity contribution in [2.24, 2.45) is 5.41 Å². The first kappa shape index (κ1) is 11.9. The number of hydrogen-bond donors (Lipinski definition) is 1. The Bertz CT molecular complexity index is 165. The second kappa shape index (κ2) is 5.06. The van der Waals surface area contributed by atoms with Crippen molar-refractivity contribution in [1.82, 2.24) is 5.32 Å². The Balaban J connectivity index is 2.28. The molecule has 0 aromatic heterocycles. The van der Waals surface area contributed by atoms with E-state index in [-0.39, 0.29) is 5.41 Å². The molecule has 3 heteroatoms. The summed E-state index contributed by atoms with van der Waals surface area (Å²) in [4.78, 5) is 0. The first-order valence-electron chi connectivity index (χ1n) is 5.55. The van der Waals surface area contributed by atoms with E-state index in [0.29, 0.717) is 0 Å². The molecule has 0 saturated heterocycles. The van der Waals surface area contributed by atoms with E-state index in [9.17, 15) is 8.78 Å². The van der Waals surface area contributed by atoms with E-state index in [2.05, 4.69) is 12.2 Å². The minimum Gasteiger partial charge on any atom is -0.309 e. The zero-order valence-corrected chi connectivity index (χ0v) is 9.15. The van der Waals surface area contributed by atoms with Crippen LogP contribution in [0.5, 0.6) is 0 Å². The number of rotatable bonds is 4. The summed E-state index contributed by atoms with van der Waals surface area (Å²) in [5.74, 6) is 0. The molecule has 1 rings (SSSR count). The van der Waals surface area contributed by atoms with E-state index < -0.39 is 12.5 Å². The molecule has 1 nitrogen and oxygen atoms in total. The lowest BCUT2D eigenvalue weighted by molar-refractivity contribution is 0.0937. The van der Waals surface area contributed by atoms with E-state index in [1.165, 1.54) is 32.1 Å². The monoisotopic (exact) mass is 205 g/mol. The molecular weight excluding hydrogens is 184 g/mol. The average Bonchev–Trinajstić information content (AvgIpc) is 2.15. The molecule has 1 fully saturated rings. The van der Waals surface area contributed by atoms with Crippen molar-refractivity contribution in [2.45, 2.75) is 58.4 Å². The van der Waals surface area contributed by atoms with Crippen molar-refractivity contribution >= 4 is 0 Å². The molecule has 1 N–H and O–H groups in total. The molecular formula is C11H21F2N. The summed E-state index contributed by atoms with van der Waals surface area (Å²) in [7, 11) is 0. The molecule has 1 atom stereocenters. The van der Waals surface area contributed by atoms with Gasteiger partial charge in [0, 0.05) is 6.54 Å². The predicted octanol–water partition coefficient (Wildman–Crippen LogP) is 3.20. The molecule has 1 unspecified atom stereocenters. The zero-order valence-electron chi connectivity index (χ0n) is 9.15. The highest BCUT2D eigenvalue weighted by molar-refractivity contribution is 4.81. The van der Waals surface area contributed by atoms with Gasteiger partial charge in [0.15, 0.2) is 0 Å². The quantitative estimate of drug-likeness (QED) is 0.743. The maximum atomic E-state index is 12.2. The van der Waals surface area contributed by atoms with Gasteiger partial charge in [0.2, 0.25) is 0 Å². The van der Waals surface area contributed by atoms with Crippen LogP contribution in [0.4, 0.5) is 8.78 Å². The molecule has 1 saturated carbocycles. The van der Waals surface area contributed by atoms with Gasteiger partial charge in [-0.2, -0.15) is 0 Å². The van der Waals surface area contributed by atoms with Crippen LogP contribution in [0, 0.1) is 5.41 Å². The SMILES string of the molecule is CC(NCC1(C)CCCCC1)C(F)F. The Hall–Kier alpha value is -0.180. The van der Waals surface area contributed by atoms with E-state index >= 15 is 0 Å². The highest BCUT2D eigenvalue weighted by Gasteiger charge is 2.27. The highest BCUT2D eigenvalue weighted by Crippen LogP contribution is 2.35. The summed E-state index contributed by atoms with van der Waals surface area (Å²) < 4.78 is 24.5. The van der Waals surface area contributed by atoms with Crippen LogP contribution in [-0.4, -0.2) is 19.0 Å². The molecule has 84 valence electrons. The fourth-order valence-corrected chi connectivity index (χ4v) is 2.08. The van der Waals surface area contributed by atoms with Gasteiger partial charge in [-0.15, -0.1) is 0 Å². The van der Waals surface area contributed by atoms with Crippen LogP contribution in [0.25, 0.3) is 0 Å². The Morgan fingerprint density at radius 2 is 1.79 bits per heavy atom. The third-order valence-electron chi connectivity index (χ3n) is 3.29. The van der Waals surface area contributed by atoms with Crippen LogP contribution in [-0.2, 0) is 0 Å². The van der Waals surface area contributed by atoms with E-state index in [0.717, 1.165) is 6.54 Å². The molecule has 0 radical (unpaired) electrons. The van der Waals surface area contributed by atoms with Gasteiger partial charge < -0.3 is 5.32 Å². The van der Waals surface area contributed by atoms with Gasteiger partial charge in [-0.1, -0.05) is 26.2 Å². The van der Waals surface area contributed by atoms with E-state index in [4.69, 9.17) is 0 Å².